The summed E-state index contributed by atoms with van der Waals surface area (Å²) in [4.78, 5) is 49.5. The van der Waals surface area contributed by atoms with Crippen molar-refractivity contribution in [1.82, 2.24) is 9.13 Å². The van der Waals surface area contributed by atoms with Gasteiger partial charge in [0.25, 0.3) is 5.56 Å². The first-order chi connectivity index (χ1) is 12.4. The standard InChI is InChI=1S/C17H21N3O5S/c1-3-8-20-15(18)14(16(23)19(2)17(20)24)12(21)10-25-13(22)7-6-11-5-4-9-26-11/h4-5,9H,3,6-8,10,18H2,1-2H3. The lowest BCUT2D eigenvalue weighted by molar-refractivity contribution is -0.142. The molecule has 0 atom stereocenters. The van der Waals surface area contributed by atoms with Crippen molar-refractivity contribution in [2.75, 3.05) is 12.3 Å². The highest BCUT2D eigenvalue weighted by atomic mass is 32.1. The van der Waals surface area contributed by atoms with E-state index in [0.29, 0.717) is 12.8 Å². The first kappa shape index (κ1) is 19.6. The van der Waals surface area contributed by atoms with E-state index in [1.807, 2.05) is 24.4 Å². The average Bonchev–Trinajstić information content (AvgIpc) is 3.13. The van der Waals surface area contributed by atoms with Gasteiger partial charge in [-0.2, -0.15) is 0 Å². The van der Waals surface area contributed by atoms with Crippen LogP contribution in [0.1, 0.15) is 35.0 Å². The zero-order valence-corrected chi connectivity index (χ0v) is 15.5. The minimum atomic E-state index is -0.792. The summed E-state index contributed by atoms with van der Waals surface area (Å²) >= 11 is 1.53. The molecule has 2 aromatic rings. The third-order valence-electron chi connectivity index (χ3n) is 3.83. The number of hydrogen-bond acceptors (Lipinski definition) is 7. The fourth-order valence-electron chi connectivity index (χ4n) is 2.46. The highest BCUT2D eigenvalue weighted by Gasteiger charge is 2.22. The van der Waals surface area contributed by atoms with Crippen molar-refractivity contribution < 1.29 is 14.3 Å². The van der Waals surface area contributed by atoms with Gasteiger partial charge in [0.15, 0.2) is 6.61 Å². The number of carbonyl (C=O) groups is 2. The van der Waals surface area contributed by atoms with Gasteiger partial charge >= 0.3 is 11.7 Å². The van der Waals surface area contributed by atoms with Crippen LogP contribution in [0, 0.1) is 0 Å². The van der Waals surface area contributed by atoms with Crippen LogP contribution in [0.15, 0.2) is 27.1 Å². The lowest BCUT2D eigenvalue weighted by Crippen LogP contribution is -2.43. The number of aromatic nitrogens is 2. The molecular formula is C17H21N3O5S. The average molecular weight is 379 g/mol. The van der Waals surface area contributed by atoms with Crippen molar-refractivity contribution in [1.29, 1.82) is 0 Å². The van der Waals surface area contributed by atoms with Crippen molar-refractivity contribution in [2.24, 2.45) is 7.05 Å². The van der Waals surface area contributed by atoms with Gasteiger partial charge in [-0.25, -0.2) is 4.79 Å². The number of anilines is 1. The van der Waals surface area contributed by atoms with Crippen molar-refractivity contribution in [2.45, 2.75) is 32.7 Å². The van der Waals surface area contributed by atoms with Crippen LogP contribution in [-0.4, -0.2) is 27.5 Å². The number of esters is 1. The maximum Gasteiger partial charge on any atom is 0.332 e. The molecular weight excluding hydrogens is 358 g/mol. The molecule has 0 saturated carbocycles. The Hall–Kier alpha value is -2.68. The van der Waals surface area contributed by atoms with Gasteiger partial charge in [-0.15, -0.1) is 11.3 Å². The highest BCUT2D eigenvalue weighted by molar-refractivity contribution is 7.09. The number of hydrogen-bond donors (Lipinski definition) is 1. The topological polar surface area (TPSA) is 113 Å². The van der Waals surface area contributed by atoms with Gasteiger partial charge in [0, 0.05) is 18.5 Å². The summed E-state index contributed by atoms with van der Waals surface area (Å²) in [6.07, 6.45) is 1.26. The van der Waals surface area contributed by atoms with E-state index in [1.54, 1.807) is 0 Å². The minimum absolute atomic E-state index is 0.136. The smallest absolute Gasteiger partial charge is 0.332 e. The van der Waals surface area contributed by atoms with Gasteiger partial charge in [0.1, 0.15) is 11.4 Å². The molecule has 0 spiro atoms. The monoisotopic (exact) mass is 379 g/mol. The molecule has 0 aliphatic carbocycles. The number of ketones is 1. The van der Waals surface area contributed by atoms with Crippen molar-refractivity contribution >= 4 is 28.9 Å². The molecule has 0 amide bonds. The molecule has 26 heavy (non-hydrogen) atoms. The van der Waals surface area contributed by atoms with Crippen LogP contribution in [0.3, 0.4) is 0 Å². The van der Waals surface area contributed by atoms with E-state index in [1.165, 1.54) is 23.0 Å². The van der Waals surface area contributed by atoms with E-state index in [9.17, 15) is 19.2 Å². The molecule has 9 heteroatoms. The number of nitrogens with two attached hydrogens (primary N) is 1. The van der Waals surface area contributed by atoms with E-state index in [2.05, 4.69) is 0 Å². The molecule has 0 fully saturated rings. The van der Waals surface area contributed by atoms with E-state index >= 15 is 0 Å². The van der Waals surface area contributed by atoms with E-state index in [-0.39, 0.29) is 24.3 Å². The molecule has 0 aromatic carbocycles. The highest BCUT2D eigenvalue weighted by Crippen LogP contribution is 2.11. The summed E-state index contributed by atoms with van der Waals surface area (Å²) in [6, 6.07) is 3.79. The molecule has 0 radical (unpaired) electrons. The normalized spacial score (nSPS) is 10.7. The fourth-order valence-corrected chi connectivity index (χ4v) is 3.16. The van der Waals surface area contributed by atoms with E-state index in [0.717, 1.165) is 9.44 Å². The van der Waals surface area contributed by atoms with Crippen LogP contribution < -0.4 is 17.0 Å². The molecule has 2 heterocycles. The minimum Gasteiger partial charge on any atom is -0.457 e. The van der Waals surface area contributed by atoms with E-state index < -0.39 is 29.6 Å². The Morgan fingerprint density at radius 1 is 1.31 bits per heavy atom. The summed E-state index contributed by atoms with van der Waals surface area (Å²) in [7, 11) is 1.28. The molecule has 2 rings (SSSR count). The quantitative estimate of drug-likeness (QED) is 0.540. The largest absolute Gasteiger partial charge is 0.457 e. The Morgan fingerprint density at radius 3 is 2.65 bits per heavy atom. The van der Waals surface area contributed by atoms with Gasteiger partial charge in [-0.05, 0) is 24.3 Å². The zero-order valence-electron chi connectivity index (χ0n) is 14.7. The molecule has 0 unspecified atom stereocenters. The van der Waals surface area contributed by atoms with Crippen molar-refractivity contribution in [3.05, 3.63) is 48.8 Å². The second-order valence-electron chi connectivity index (χ2n) is 5.72. The fraction of sp³-hybridized carbons (Fsp3) is 0.412. The Morgan fingerprint density at radius 2 is 2.04 bits per heavy atom. The SMILES string of the molecule is CCCn1c(N)c(C(=O)COC(=O)CCc2cccs2)c(=O)n(C)c1=O. The van der Waals surface area contributed by atoms with Gasteiger partial charge in [0.05, 0.1) is 6.42 Å². The summed E-state index contributed by atoms with van der Waals surface area (Å²) in [5, 5.41) is 1.91. The lowest BCUT2D eigenvalue weighted by atomic mass is 10.2. The maximum absolute atomic E-state index is 12.4. The summed E-state index contributed by atoms with van der Waals surface area (Å²) in [5.74, 6) is -1.46. The molecule has 0 bridgehead atoms. The zero-order chi connectivity index (χ0) is 19.3. The Bertz CT molecular complexity index is 912. The third kappa shape index (κ3) is 4.29. The molecule has 0 aliphatic rings. The summed E-state index contributed by atoms with van der Waals surface area (Å²) in [5.41, 5.74) is 4.16. The summed E-state index contributed by atoms with van der Waals surface area (Å²) < 4.78 is 6.97. The second kappa shape index (κ2) is 8.61. The number of nitrogen functional groups attached to an aromatic ring is 1. The predicted molar refractivity (Wildman–Crippen MR) is 98.6 cm³/mol. The van der Waals surface area contributed by atoms with Crippen LogP contribution in [0.5, 0.6) is 0 Å². The first-order valence-electron chi connectivity index (χ1n) is 8.17. The molecule has 8 nitrogen and oxygen atoms in total. The summed E-state index contributed by atoms with van der Waals surface area (Å²) in [6.45, 7) is 1.53. The molecule has 140 valence electrons. The number of carbonyl (C=O) groups excluding carboxylic acids is 2. The van der Waals surface area contributed by atoms with Crippen LogP contribution in [-0.2, 0) is 29.5 Å². The number of aryl methyl sites for hydroxylation is 1. The van der Waals surface area contributed by atoms with Gasteiger partial charge in [-0.3, -0.25) is 23.5 Å². The third-order valence-corrected chi connectivity index (χ3v) is 4.77. The van der Waals surface area contributed by atoms with Crippen LogP contribution in [0.2, 0.25) is 0 Å². The van der Waals surface area contributed by atoms with Crippen molar-refractivity contribution in [3.63, 3.8) is 0 Å². The van der Waals surface area contributed by atoms with Crippen LogP contribution in [0.25, 0.3) is 0 Å². The number of Topliss-reactive ketones (excluding diaryl/α,β-unsaturated/α-hetero) is 1. The predicted octanol–water partition coefficient (Wildman–Crippen LogP) is 0.959. The van der Waals surface area contributed by atoms with E-state index in [4.69, 9.17) is 10.5 Å². The lowest BCUT2D eigenvalue weighted by Gasteiger charge is -2.13. The van der Waals surface area contributed by atoms with Crippen LogP contribution >= 0.6 is 11.3 Å². The van der Waals surface area contributed by atoms with Gasteiger partial charge in [-0.1, -0.05) is 13.0 Å². The number of rotatable bonds is 8. The van der Waals surface area contributed by atoms with Crippen LogP contribution in [0.4, 0.5) is 5.82 Å². The van der Waals surface area contributed by atoms with Crippen molar-refractivity contribution in [3.8, 4) is 0 Å². The Labute approximate surface area is 153 Å². The second-order valence-corrected chi connectivity index (χ2v) is 6.75. The maximum atomic E-state index is 12.4. The number of ether oxygens (including phenoxy) is 1. The number of thiophene rings is 1. The first-order valence-corrected chi connectivity index (χ1v) is 9.05. The Kier molecular flexibility index (Phi) is 6.51. The molecule has 0 aliphatic heterocycles. The molecule has 0 saturated heterocycles. The Balaban J connectivity index is 2.10. The molecule has 2 N–H and O–H groups in total. The molecule has 2 aromatic heterocycles. The van der Waals surface area contributed by atoms with Gasteiger partial charge in [0.2, 0.25) is 5.78 Å². The number of nitrogens with zero attached hydrogens (tertiary/aromatic N) is 2. The van der Waals surface area contributed by atoms with Gasteiger partial charge < -0.3 is 10.5 Å².